The number of hydrogen-bond donors (Lipinski definition) is 1. The average molecular weight is 216 g/mol. The summed E-state index contributed by atoms with van der Waals surface area (Å²) >= 11 is 10.5. The molecular formula is C9H10ClNOS. The molecule has 70 valence electrons. The standard InChI is InChI=1S/C9H10ClNOS/c1-6(9(11)13)12-8-4-2-3-7(10)5-8/h2-6H,1H3,(H2,11,13). The third-order valence-corrected chi connectivity index (χ3v) is 2.08. The maximum atomic E-state index is 5.76. The second-order valence-electron chi connectivity index (χ2n) is 2.62. The normalized spacial score (nSPS) is 12.2. The number of nitrogens with two attached hydrogens (primary N) is 1. The highest BCUT2D eigenvalue weighted by molar-refractivity contribution is 7.80. The molecule has 2 nitrogen and oxygen atoms in total. The van der Waals surface area contributed by atoms with Crippen molar-refractivity contribution in [3.63, 3.8) is 0 Å². The molecule has 0 bridgehead atoms. The van der Waals surface area contributed by atoms with Gasteiger partial charge in [-0.15, -0.1) is 0 Å². The highest BCUT2D eigenvalue weighted by Crippen LogP contribution is 2.18. The molecule has 1 rings (SSSR count). The Labute approximate surface area is 87.6 Å². The van der Waals surface area contributed by atoms with Crippen molar-refractivity contribution in [3.05, 3.63) is 29.3 Å². The molecular weight excluding hydrogens is 206 g/mol. The van der Waals surface area contributed by atoms with Crippen molar-refractivity contribution < 1.29 is 4.74 Å². The minimum absolute atomic E-state index is 0.270. The molecule has 0 aromatic heterocycles. The number of ether oxygens (including phenoxy) is 1. The molecule has 0 fully saturated rings. The molecule has 0 radical (unpaired) electrons. The number of rotatable bonds is 3. The van der Waals surface area contributed by atoms with Gasteiger partial charge in [0.25, 0.3) is 0 Å². The summed E-state index contributed by atoms with van der Waals surface area (Å²) < 4.78 is 5.41. The lowest BCUT2D eigenvalue weighted by Gasteiger charge is -2.12. The van der Waals surface area contributed by atoms with E-state index in [1.165, 1.54) is 0 Å². The molecule has 2 N–H and O–H groups in total. The summed E-state index contributed by atoms with van der Waals surface area (Å²) in [7, 11) is 0. The first-order valence-electron chi connectivity index (χ1n) is 3.81. The summed E-state index contributed by atoms with van der Waals surface area (Å²) in [5.41, 5.74) is 5.40. The van der Waals surface area contributed by atoms with Gasteiger partial charge in [0.15, 0.2) is 0 Å². The number of benzene rings is 1. The molecule has 0 saturated carbocycles. The van der Waals surface area contributed by atoms with Gasteiger partial charge in [-0.25, -0.2) is 0 Å². The molecule has 0 heterocycles. The van der Waals surface area contributed by atoms with Gasteiger partial charge < -0.3 is 10.5 Å². The lowest BCUT2D eigenvalue weighted by molar-refractivity contribution is 0.288. The van der Waals surface area contributed by atoms with Crippen LogP contribution < -0.4 is 10.5 Å². The van der Waals surface area contributed by atoms with Gasteiger partial charge in [-0.05, 0) is 25.1 Å². The monoisotopic (exact) mass is 215 g/mol. The van der Waals surface area contributed by atoms with Crippen LogP contribution in [0.4, 0.5) is 0 Å². The van der Waals surface area contributed by atoms with E-state index in [-0.39, 0.29) is 6.10 Å². The van der Waals surface area contributed by atoms with E-state index in [4.69, 9.17) is 34.3 Å². The van der Waals surface area contributed by atoms with E-state index < -0.39 is 0 Å². The van der Waals surface area contributed by atoms with E-state index in [1.54, 1.807) is 25.1 Å². The summed E-state index contributed by atoms with van der Waals surface area (Å²) in [5, 5.41) is 0.632. The fraction of sp³-hybridized carbons (Fsp3) is 0.222. The van der Waals surface area contributed by atoms with Gasteiger partial charge in [-0.2, -0.15) is 0 Å². The van der Waals surface area contributed by atoms with Gasteiger partial charge in [0.05, 0.1) is 0 Å². The molecule has 0 amide bonds. The van der Waals surface area contributed by atoms with Crippen LogP contribution in [0, 0.1) is 0 Å². The first kappa shape index (κ1) is 10.3. The highest BCUT2D eigenvalue weighted by Gasteiger charge is 2.06. The minimum atomic E-state index is -0.270. The molecule has 0 aliphatic rings. The zero-order valence-electron chi connectivity index (χ0n) is 7.16. The molecule has 0 spiro atoms. The van der Waals surface area contributed by atoms with Gasteiger partial charge in [-0.3, -0.25) is 0 Å². The van der Waals surface area contributed by atoms with E-state index in [0.29, 0.717) is 15.8 Å². The van der Waals surface area contributed by atoms with Crippen molar-refractivity contribution in [1.29, 1.82) is 0 Å². The van der Waals surface area contributed by atoms with Gasteiger partial charge in [0, 0.05) is 5.02 Å². The van der Waals surface area contributed by atoms with Gasteiger partial charge in [-0.1, -0.05) is 29.9 Å². The molecule has 13 heavy (non-hydrogen) atoms. The van der Waals surface area contributed by atoms with Crippen molar-refractivity contribution >= 4 is 28.8 Å². The Morgan fingerprint density at radius 3 is 2.85 bits per heavy atom. The lowest BCUT2D eigenvalue weighted by atomic mass is 10.3. The highest BCUT2D eigenvalue weighted by atomic mass is 35.5. The van der Waals surface area contributed by atoms with Crippen LogP contribution in [0.1, 0.15) is 6.92 Å². The van der Waals surface area contributed by atoms with Gasteiger partial charge in [0.2, 0.25) is 0 Å². The van der Waals surface area contributed by atoms with Crippen LogP contribution in [0.2, 0.25) is 5.02 Å². The summed E-state index contributed by atoms with van der Waals surface area (Å²) in [6.45, 7) is 1.79. The summed E-state index contributed by atoms with van der Waals surface area (Å²) in [6.07, 6.45) is -0.270. The second kappa shape index (κ2) is 4.44. The summed E-state index contributed by atoms with van der Waals surface area (Å²) in [5.74, 6) is 0.674. The molecule has 1 unspecified atom stereocenters. The van der Waals surface area contributed by atoms with E-state index in [0.717, 1.165) is 0 Å². The zero-order chi connectivity index (χ0) is 9.84. The molecule has 1 aromatic rings. The molecule has 0 aliphatic heterocycles. The summed E-state index contributed by atoms with van der Waals surface area (Å²) in [6, 6.07) is 7.11. The predicted molar refractivity (Wildman–Crippen MR) is 58.3 cm³/mol. The number of hydrogen-bond acceptors (Lipinski definition) is 2. The second-order valence-corrected chi connectivity index (χ2v) is 3.53. The largest absolute Gasteiger partial charge is 0.484 e. The Kier molecular flexibility index (Phi) is 3.51. The van der Waals surface area contributed by atoms with Crippen molar-refractivity contribution in [2.24, 2.45) is 5.73 Å². The van der Waals surface area contributed by atoms with Crippen LogP contribution in [-0.2, 0) is 0 Å². The SMILES string of the molecule is CC(Oc1cccc(Cl)c1)C(N)=S. The Hall–Kier alpha value is -0.800. The smallest absolute Gasteiger partial charge is 0.145 e. The van der Waals surface area contributed by atoms with Crippen LogP contribution in [0.25, 0.3) is 0 Å². The van der Waals surface area contributed by atoms with Crippen molar-refractivity contribution in [3.8, 4) is 5.75 Å². The van der Waals surface area contributed by atoms with E-state index in [9.17, 15) is 0 Å². The minimum Gasteiger partial charge on any atom is -0.484 e. The van der Waals surface area contributed by atoms with Crippen molar-refractivity contribution in [1.82, 2.24) is 0 Å². The molecule has 1 aromatic carbocycles. The number of thiocarbonyl (C=S) groups is 1. The van der Waals surface area contributed by atoms with Gasteiger partial charge >= 0.3 is 0 Å². The van der Waals surface area contributed by atoms with Crippen LogP contribution in [0.5, 0.6) is 5.75 Å². The Balaban J connectivity index is 2.69. The average Bonchev–Trinajstić information content (AvgIpc) is 2.04. The molecule has 1 atom stereocenters. The Bertz CT molecular complexity index is 316. The maximum absolute atomic E-state index is 5.76. The topological polar surface area (TPSA) is 35.2 Å². The van der Waals surface area contributed by atoms with Crippen molar-refractivity contribution in [2.75, 3.05) is 0 Å². The fourth-order valence-electron chi connectivity index (χ4n) is 0.803. The van der Waals surface area contributed by atoms with Crippen LogP contribution in [0.3, 0.4) is 0 Å². The molecule has 4 heteroatoms. The van der Waals surface area contributed by atoms with E-state index >= 15 is 0 Å². The molecule has 0 aliphatic carbocycles. The predicted octanol–water partition coefficient (Wildman–Crippen LogP) is 2.39. The summed E-state index contributed by atoms with van der Waals surface area (Å²) in [4.78, 5) is 0.333. The van der Waals surface area contributed by atoms with Gasteiger partial charge in [0.1, 0.15) is 16.8 Å². The Morgan fingerprint density at radius 2 is 2.31 bits per heavy atom. The number of halogens is 1. The zero-order valence-corrected chi connectivity index (χ0v) is 8.73. The first-order chi connectivity index (χ1) is 6.09. The van der Waals surface area contributed by atoms with E-state index in [1.807, 2.05) is 6.07 Å². The first-order valence-corrected chi connectivity index (χ1v) is 4.60. The Morgan fingerprint density at radius 1 is 1.62 bits per heavy atom. The van der Waals surface area contributed by atoms with Crippen LogP contribution in [-0.4, -0.2) is 11.1 Å². The quantitative estimate of drug-likeness (QED) is 0.787. The van der Waals surface area contributed by atoms with Crippen molar-refractivity contribution in [2.45, 2.75) is 13.0 Å². The third kappa shape index (κ3) is 3.20. The third-order valence-electron chi connectivity index (χ3n) is 1.51. The lowest BCUT2D eigenvalue weighted by Crippen LogP contribution is -2.28. The van der Waals surface area contributed by atoms with Crippen LogP contribution in [0.15, 0.2) is 24.3 Å². The van der Waals surface area contributed by atoms with E-state index in [2.05, 4.69) is 0 Å². The fourth-order valence-corrected chi connectivity index (χ4v) is 1.03. The van der Waals surface area contributed by atoms with Crippen LogP contribution >= 0.6 is 23.8 Å². The molecule has 0 saturated heterocycles. The maximum Gasteiger partial charge on any atom is 0.145 e.